The van der Waals surface area contributed by atoms with Crippen molar-refractivity contribution in [1.29, 1.82) is 0 Å². The summed E-state index contributed by atoms with van der Waals surface area (Å²) < 4.78 is 5.62. The van der Waals surface area contributed by atoms with Gasteiger partial charge in [0, 0.05) is 26.1 Å². The molecule has 4 heteroatoms. The van der Waals surface area contributed by atoms with Crippen molar-refractivity contribution in [3.05, 3.63) is 0 Å². The number of carbonyl (C=O) groups is 1. The zero-order valence-electron chi connectivity index (χ0n) is 12.6. The van der Waals surface area contributed by atoms with Crippen molar-refractivity contribution in [3.8, 4) is 0 Å². The van der Waals surface area contributed by atoms with Gasteiger partial charge in [-0.2, -0.15) is 0 Å². The van der Waals surface area contributed by atoms with Crippen molar-refractivity contribution in [1.82, 2.24) is 4.90 Å². The van der Waals surface area contributed by atoms with Gasteiger partial charge in [-0.3, -0.25) is 4.79 Å². The van der Waals surface area contributed by atoms with Gasteiger partial charge in [0.1, 0.15) is 0 Å². The lowest BCUT2D eigenvalue weighted by Crippen LogP contribution is -2.40. The van der Waals surface area contributed by atoms with E-state index >= 15 is 0 Å². The van der Waals surface area contributed by atoms with Crippen LogP contribution in [-0.2, 0) is 9.53 Å². The van der Waals surface area contributed by atoms with E-state index < -0.39 is 5.97 Å². The number of carboxylic acids is 1. The maximum absolute atomic E-state index is 10.8. The van der Waals surface area contributed by atoms with Crippen LogP contribution in [0.2, 0.25) is 0 Å². The van der Waals surface area contributed by atoms with Crippen LogP contribution >= 0.6 is 0 Å². The Morgan fingerprint density at radius 1 is 1.42 bits per heavy atom. The fraction of sp³-hybridized carbons (Fsp3) is 0.933. The SMILES string of the molecule is CC(C)COCCN1CCCC(C(C)CC(=O)O)C1. The molecule has 0 saturated carbocycles. The average molecular weight is 271 g/mol. The molecular weight excluding hydrogens is 242 g/mol. The molecule has 4 nitrogen and oxygen atoms in total. The molecule has 0 aromatic carbocycles. The van der Waals surface area contributed by atoms with E-state index in [2.05, 4.69) is 25.7 Å². The summed E-state index contributed by atoms with van der Waals surface area (Å²) in [5, 5.41) is 8.87. The van der Waals surface area contributed by atoms with E-state index in [1.54, 1.807) is 0 Å². The molecule has 1 saturated heterocycles. The monoisotopic (exact) mass is 271 g/mol. The highest BCUT2D eigenvalue weighted by molar-refractivity contribution is 5.66. The minimum Gasteiger partial charge on any atom is -0.481 e. The van der Waals surface area contributed by atoms with Crippen molar-refractivity contribution in [2.24, 2.45) is 17.8 Å². The lowest BCUT2D eigenvalue weighted by Gasteiger charge is -2.35. The molecule has 2 atom stereocenters. The maximum Gasteiger partial charge on any atom is 0.303 e. The summed E-state index contributed by atoms with van der Waals surface area (Å²) in [5.41, 5.74) is 0. The number of aliphatic carboxylic acids is 1. The zero-order chi connectivity index (χ0) is 14.3. The van der Waals surface area contributed by atoms with Crippen LogP contribution in [0.1, 0.15) is 40.0 Å². The van der Waals surface area contributed by atoms with E-state index in [1.807, 2.05) is 0 Å². The number of likely N-dealkylation sites (tertiary alicyclic amines) is 1. The Labute approximate surface area is 117 Å². The maximum atomic E-state index is 10.8. The van der Waals surface area contributed by atoms with Gasteiger partial charge < -0.3 is 14.7 Å². The van der Waals surface area contributed by atoms with Gasteiger partial charge in [-0.25, -0.2) is 0 Å². The molecule has 1 heterocycles. The first-order valence-electron chi connectivity index (χ1n) is 7.51. The van der Waals surface area contributed by atoms with E-state index in [4.69, 9.17) is 9.84 Å². The predicted molar refractivity (Wildman–Crippen MR) is 76.2 cm³/mol. The second kappa shape index (κ2) is 8.54. The van der Waals surface area contributed by atoms with Crippen LogP contribution in [0.5, 0.6) is 0 Å². The molecular formula is C15H29NO3. The molecule has 1 rings (SSSR count). The van der Waals surface area contributed by atoms with E-state index in [-0.39, 0.29) is 5.92 Å². The van der Waals surface area contributed by atoms with E-state index in [0.717, 1.165) is 39.3 Å². The highest BCUT2D eigenvalue weighted by Crippen LogP contribution is 2.25. The van der Waals surface area contributed by atoms with Gasteiger partial charge in [0.15, 0.2) is 0 Å². The molecule has 1 aliphatic heterocycles. The molecule has 0 bridgehead atoms. The number of nitrogens with zero attached hydrogens (tertiary/aromatic N) is 1. The summed E-state index contributed by atoms with van der Waals surface area (Å²) >= 11 is 0. The molecule has 1 fully saturated rings. The molecule has 0 radical (unpaired) electrons. The Morgan fingerprint density at radius 3 is 2.79 bits per heavy atom. The van der Waals surface area contributed by atoms with Crippen LogP contribution in [0.15, 0.2) is 0 Å². The molecule has 0 aromatic heterocycles. The number of carboxylic acid groups (broad SMARTS) is 1. The lowest BCUT2D eigenvalue weighted by atomic mass is 9.85. The quantitative estimate of drug-likeness (QED) is 0.689. The zero-order valence-corrected chi connectivity index (χ0v) is 12.6. The number of hydrogen-bond donors (Lipinski definition) is 1. The molecule has 19 heavy (non-hydrogen) atoms. The first-order valence-corrected chi connectivity index (χ1v) is 7.51. The Morgan fingerprint density at radius 2 is 2.16 bits per heavy atom. The summed E-state index contributed by atoms with van der Waals surface area (Å²) in [6.07, 6.45) is 2.64. The summed E-state index contributed by atoms with van der Waals surface area (Å²) in [7, 11) is 0. The minimum atomic E-state index is -0.676. The smallest absolute Gasteiger partial charge is 0.303 e. The fourth-order valence-corrected chi connectivity index (χ4v) is 2.71. The molecule has 0 spiro atoms. The summed E-state index contributed by atoms with van der Waals surface area (Å²) in [5.74, 6) is 0.710. The molecule has 2 unspecified atom stereocenters. The molecule has 0 aliphatic carbocycles. The Kier molecular flexibility index (Phi) is 7.39. The molecule has 0 amide bonds. The van der Waals surface area contributed by atoms with Crippen molar-refractivity contribution >= 4 is 5.97 Å². The Balaban J connectivity index is 2.23. The van der Waals surface area contributed by atoms with Gasteiger partial charge in [0.25, 0.3) is 0 Å². The second-order valence-corrected chi connectivity index (χ2v) is 6.25. The van der Waals surface area contributed by atoms with Gasteiger partial charge in [0.05, 0.1) is 6.61 Å². The topological polar surface area (TPSA) is 49.8 Å². The minimum absolute atomic E-state index is 0.275. The third-order valence-corrected chi connectivity index (χ3v) is 3.85. The van der Waals surface area contributed by atoms with E-state index in [1.165, 1.54) is 6.42 Å². The fourth-order valence-electron chi connectivity index (χ4n) is 2.71. The van der Waals surface area contributed by atoms with Crippen molar-refractivity contribution in [2.75, 3.05) is 32.8 Å². The lowest BCUT2D eigenvalue weighted by molar-refractivity contribution is -0.138. The van der Waals surface area contributed by atoms with Crippen LogP contribution in [0.25, 0.3) is 0 Å². The third kappa shape index (κ3) is 6.92. The van der Waals surface area contributed by atoms with Gasteiger partial charge in [-0.05, 0) is 37.1 Å². The van der Waals surface area contributed by atoms with Gasteiger partial charge in [-0.1, -0.05) is 20.8 Å². The second-order valence-electron chi connectivity index (χ2n) is 6.25. The number of rotatable bonds is 8. The van der Waals surface area contributed by atoms with Crippen LogP contribution in [0, 0.1) is 17.8 Å². The largest absolute Gasteiger partial charge is 0.481 e. The highest BCUT2D eigenvalue weighted by atomic mass is 16.5. The van der Waals surface area contributed by atoms with Crippen molar-refractivity contribution in [3.63, 3.8) is 0 Å². The van der Waals surface area contributed by atoms with Crippen LogP contribution in [0.3, 0.4) is 0 Å². The molecule has 1 aliphatic rings. The first-order chi connectivity index (χ1) is 8.99. The van der Waals surface area contributed by atoms with Crippen molar-refractivity contribution < 1.29 is 14.6 Å². The Bertz CT molecular complexity index is 268. The number of ether oxygens (including phenoxy) is 1. The third-order valence-electron chi connectivity index (χ3n) is 3.85. The predicted octanol–water partition coefficient (Wildman–Crippen LogP) is 2.48. The summed E-state index contributed by atoms with van der Waals surface area (Å²) in [6.45, 7) is 11.1. The van der Waals surface area contributed by atoms with E-state index in [9.17, 15) is 4.79 Å². The Hall–Kier alpha value is -0.610. The summed E-state index contributed by atoms with van der Waals surface area (Å²) in [6, 6.07) is 0. The normalized spacial score (nSPS) is 22.6. The van der Waals surface area contributed by atoms with E-state index in [0.29, 0.717) is 18.3 Å². The van der Waals surface area contributed by atoms with Crippen molar-refractivity contribution in [2.45, 2.75) is 40.0 Å². The average Bonchev–Trinajstić information content (AvgIpc) is 2.34. The molecule has 1 N–H and O–H groups in total. The van der Waals surface area contributed by atoms with Gasteiger partial charge in [-0.15, -0.1) is 0 Å². The molecule has 0 aromatic rings. The standard InChI is InChI=1S/C15H29NO3/c1-12(2)11-19-8-7-16-6-4-5-14(10-16)13(3)9-15(17)18/h12-14H,4-11H2,1-3H3,(H,17,18). The van der Waals surface area contributed by atoms with Crippen LogP contribution in [-0.4, -0.2) is 48.8 Å². The molecule has 112 valence electrons. The van der Waals surface area contributed by atoms with Crippen LogP contribution < -0.4 is 0 Å². The summed E-state index contributed by atoms with van der Waals surface area (Å²) in [4.78, 5) is 13.2. The van der Waals surface area contributed by atoms with Crippen LogP contribution in [0.4, 0.5) is 0 Å². The van der Waals surface area contributed by atoms with Gasteiger partial charge in [0.2, 0.25) is 0 Å². The number of piperidine rings is 1. The highest BCUT2D eigenvalue weighted by Gasteiger charge is 2.25. The number of hydrogen-bond acceptors (Lipinski definition) is 3. The van der Waals surface area contributed by atoms with Gasteiger partial charge >= 0.3 is 5.97 Å². The first kappa shape index (κ1) is 16.4.